The molecule has 1 rings (SSSR count). The van der Waals surface area contributed by atoms with Gasteiger partial charge in [-0.15, -0.1) is 11.6 Å². The first-order valence-electron chi connectivity index (χ1n) is 6.02. The summed E-state index contributed by atoms with van der Waals surface area (Å²) in [4.78, 5) is 0. The summed E-state index contributed by atoms with van der Waals surface area (Å²) >= 11 is 5.63. The van der Waals surface area contributed by atoms with Crippen LogP contribution >= 0.6 is 11.6 Å². The lowest BCUT2D eigenvalue weighted by Gasteiger charge is -2.16. The molecule has 0 atom stereocenters. The summed E-state index contributed by atoms with van der Waals surface area (Å²) in [7, 11) is 1.73. The fourth-order valence-electron chi connectivity index (χ4n) is 2.10. The van der Waals surface area contributed by atoms with Gasteiger partial charge in [0.1, 0.15) is 5.75 Å². The molecule has 2 nitrogen and oxygen atoms in total. The first-order valence-corrected chi connectivity index (χ1v) is 6.55. The number of nitrogens with one attached hydrogen (secondary N) is 1. The molecular weight excluding hydrogens is 234 g/mol. The summed E-state index contributed by atoms with van der Waals surface area (Å²) in [6.45, 7) is 8.27. The standard InChI is InChI=1S/C14H22ClNO/c1-10-9-14(17-4)12(3)11(2)13(10)5-7-16-8-6-15/h9,16H,5-8H2,1-4H3. The van der Waals surface area contributed by atoms with Gasteiger partial charge in [0.2, 0.25) is 0 Å². The van der Waals surface area contributed by atoms with E-state index in [4.69, 9.17) is 16.3 Å². The lowest BCUT2D eigenvalue weighted by atomic mass is 9.95. The van der Waals surface area contributed by atoms with Crippen LogP contribution in [0.15, 0.2) is 6.07 Å². The van der Waals surface area contributed by atoms with Crippen LogP contribution in [-0.4, -0.2) is 26.1 Å². The Bertz CT molecular complexity index is 377. The summed E-state index contributed by atoms with van der Waals surface area (Å²) in [5, 5.41) is 3.32. The molecule has 0 amide bonds. The van der Waals surface area contributed by atoms with Crippen molar-refractivity contribution in [2.24, 2.45) is 0 Å². The third-order valence-electron chi connectivity index (χ3n) is 3.25. The Morgan fingerprint density at radius 2 is 1.88 bits per heavy atom. The van der Waals surface area contributed by atoms with Crippen molar-refractivity contribution in [1.82, 2.24) is 5.32 Å². The van der Waals surface area contributed by atoms with E-state index >= 15 is 0 Å². The molecule has 0 heterocycles. The van der Waals surface area contributed by atoms with Crippen LogP contribution in [0.3, 0.4) is 0 Å². The topological polar surface area (TPSA) is 21.3 Å². The number of halogens is 1. The van der Waals surface area contributed by atoms with Gasteiger partial charge in [-0.2, -0.15) is 0 Å². The van der Waals surface area contributed by atoms with Crippen LogP contribution in [0, 0.1) is 20.8 Å². The van der Waals surface area contributed by atoms with E-state index in [0.29, 0.717) is 5.88 Å². The largest absolute Gasteiger partial charge is 0.496 e. The van der Waals surface area contributed by atoms with Gasteiger partial charge in [0.05, 0.1) is 7.11 Å². The van der Waals surface area contributed by atoms with Crippen LogP contribution < -0.4 is 10.1 Å². The maximum absolute atomic E-state index is 5.63. The second kappa shape index (κ2) is 6.87. The number of ether oxygens (including phenoxy) is 1. The molecular formula is C14H22ClNO. The second-order valence-electron chi connectivity index (χ2n) is 4.31. The highest BCUT2D eigenvalue weighted by atomic mass is 35.5. The molecule has 3 heteroatoms. The Balaban J connectivity index is 2.81. The van der Waals surface area contributed by atoms with Gasteiger partial charge in [-0.3, -0.25) is 0 Å². The van der Waals surface area contributed by atoms with Crippen molar-refractivity contribution < 1.29 is 4.74 Å². The van der Waals surface area contributed by atoms with Gasteiger partial charge >= 0.3 is 0 Å². The molecule has 0 aliphatic rings. The molecule has 0 bridgehead atoms. The second-order valence-corrected chi connectivity index (χ2v) is 4.69. The van der Waals surface area contributed by atoms with E-state index in [1.165, 1.54) is 22.3 Å². The zero-order valence-electron chi connectivity index (χ0n) is 11.2. The predicted molar refractivity (Wildman–Crippen MR) is 74.5 cm³/mol. The van der Waals surface area contributed by atoms with Gasteiger partial charge in [-0.05, 0) is 62.1 Å². The Labute approximate surface area is 109 Å². The van der Waals surface area contributed by atoms with Gasteiger partial charge in [-0.1, -0.05) is 0 Å². The Kier molecular flexibility index (Phi) is 5.79. The molecule has 0 radical (unpaired) electrons. The molecule has 0 saturated carbocycles. The zero-order valence-corrected chi connectivity index (χ0v) is 11.9. The van der Waals surface area contributed by atoms with Gasteiger partial charge < -0.3 is 10.1 Å². The van der Waals surface area contributed by atoms with Crippen molar-refractivity contribution in [1.29, 1.82) is 0 Å². The molecule has 1 aromatic carbocycles. The lowest BCUT2D eigenvalue weighted by Crippen LogP contribution is -2.20. The quantitative estimate of drug-likeness (QED) is 0.623. The van der Waals surface area contributed by atoms with Crippen LogP contribution in [0.2, 0.25) is 0 Å². The van der Waals surface area contributed by atoms with Gasteiger partial charge in [0.25, 0.3) is 0 Å². The zero-order chi connectivity index (χ0) is 12.8. The maximum Gasteiger partial charge on any atom is 0.122 e. The number of rotatable bonds is 6. The molecule has 0 aliphatic heterocycles. The minimum Gasteiger partial charge on any atom is -0.496 e. The molecule has 0 fully saturated rings. The van der Waals surface area contributed by atoms with E-state index in [1.54, 1.807) is 7.11 Å². The SMILES string of the molecule is COc1cc(C)c(CCNCCCl)c(C)c1C. The Morgan fingerprint density at radius 3 is 2.47 bits per heavy atom. The first kappa shape index (κ1) is 14.3. The molecule has 0 aromatic heterocycles. The normalized spacial score (nSPS) is 10.6. The average Bonchev–Trinajstić information content (AvgIpc) is 2.32. The minimum absolute atomic E-state index is 0.666. The highest BCUT2D eigenvalue weighted by Crippen LogP contribution is 2.27. The Hall–Kier alpha value is -0.730. The number of hydrogen-bond donors (Lipinski definition) is 1. The summed E-state index contributed by atoms with van der Waals surface area (Å²) in [6, 6.07) is 2.12. The van der Waals surface area contributed by atoms with Gasteiger partial charge in [0.15, 0.2) is 0 Å². The molecule has 0 spiro atoms. The van der Waals surface area contributed by atoms with Gasteiger partial charge in [0, 0.05) is 12.4 Å². The van der Waals surface area contributed by atoms with Crippen molar-refractivity contribution >= 4 is 11.6 Å². The van der Waals surface area contributed by atoms with Crippen LogP contribution in [0.5, 0.6) is 5.75 Å². The third kappa shape index (κ3) is 3.62. The van der Waals surface area contributed by atoms with E-state index in [1.807, 2.05) is 0 Å². The number of benzene rings is 1. The van der Waals surface area contributed by atoms with E-state index in [9.17, 15) is 0 Å². The first-order chi connectivity index (χ1) is 8.11. The highest BCUT2D eigenvalue weighted by Gasteiger charge is 2.09. The molecule has 0 aliphatic carbocycles. The molecule has 1 N–H and O–H groups in total. The molecule has 1 aromatic rings. The van der Waals surface area contributed by atoms with E-state index in [0.717, 1.165) is 25.3 Å². The predicted octanol–water partition coefficient (Wildman–Crippen LogP) is 2.99. The summed E-state index contributed by atoms with van der Waals surface area (Å²) in [6.07, 6.45) is 1.04. The fraction of sp³-hybridized carbons (Fsp3) is 0.571. The molecule has 0 unspecified atom stereocenters. The minimum atomic E-state index is 0.666. The highest BCUT2D eigenvalue weighted by molar-refractivity contribution is 6.18. The number of aryl methyl sites for hydroxylation is 1. The van der Waals surface area contributed by atoms with Crippen molar-refractivity contribution in [3.63, 3.8) is 0 Å². The number of hydrogen-bond acceptors (Lipinski definition) is 2. The average molecular weight is 256 g/mol. The van der Waals surface area contributed by atoms with Crippen LogP contribution in [0.4, 0.5) is 0 Å². The van der Waals surface area contributed by atoms with Crippen LogP contribution in [0.25, 0.3) is 0 Å². The van der Waals surface area contributed by atoms with Gasteiger partial charge in [-0.25, -0.2) is 0 Å². The van der Waals surface area contributed by atoms with Crippen LogP contribution in [0.1, 0.15) is 22.3 Å². The number of methoxy groups -OCH3 is 1. The monoisotopic (exact) mass is 255 g/mol. The molecule has 0 saturated heterocycles. The summed E-state index contributed by atoms with van der Waals surface area (Å²) in [5.41, 5.74) is 5.31. The third-order valence-corrected chi connectivity index (χ3v) is 3.44. The van der Waals surface area contributed by atoms with Crippen molar-refractivity contribution in [2.75, 3.05) is 26.1 Å². The van der Waals surface area contributed by atoms with Crippen molar-refractivity contribution in [3.8, 4) is 5.75 Å². The maximum atomic E-state index is 5.63. The lowest BCUT2D eigenvalue weighted by molar-refractivity contribution is 0.410. The summed E-state index contributed by atoms with van der Waals surface area (Å²) in [5.74, 6) is 1.65. The number of alkyl halides is 1. The van der Waals surface area contributed by atoms with E-state index in [-0.39, 0.29) is 0 Å². The van der Waals surface area contributed by atoms with Crippen molar-refractivity contribution in [3.05, 3.63) is 28.3 Å². The fourth-order valence-corrected chi connectivity index (χ4v) is 2.23. The summed E-state index contributed by atoms with van der Waals surface area (Å²) < 4.78 is 5.37. The molecule has 96 valence electrons. The van der Waals surface area contributed by atoms with Crippen LogP contribution in [-0.2, 0) is 6.42 Å². The Morgan fingerprint density at radius 1 is 1.18 bits per heavy atom. The smallest absolute Gasteiger partial charge is 0.122 e. The van der Waals surface area contributed by atoms with E-state index in [2.05, 4.69) is 32.2 Å². The molecule has 17 heavy (non-hydrogen) atoms. The van der Waals surface area contributed by atoms with Crippen molar-refractivity contribution in [2.45, 2.75) is 27.2 Å². The van der Waals surface area contributed by atoms with E-state index < -0.39 is 0 Å².